The Hall–Kier alpha value is -4.20. The van der Waals surface area contributed by atoms with Gasteiger partial charge in [-0.15, -0.1) is 0 Å². The lowest BCUT2D eigenvalue weighted by atomic mass is 9.94. The van der Waals surface area contributed by atoms with Gasteiger partial charge in [-0.05, 0) is 60.4 Å². The molecule has 0 saturated carbocycles. The van der Waals surface area contributed by atoms with Crippen LogP contribution in [0.4, 0.5) is 0 Å². The number of carbonyl (C=O) groups excluding carboxylic acids is 3. The first-order valence-corrected chi connectivity index (χ1v) is 11.7. The fourth-order valence-electron chi connectivity index (χ4n) is 4.44. The molecule has 2 amide bonds. The van der Waals surface area contributed by atoms with Gasteiger partial charge in [0.15, 0.2) is 5.78 Å². The second-order valence-corrected chi connectivity index (χ2v) is 8.69. The van der Waals surface area contributed by atoms with E-state index in [1.807, 2.05) is 13.1 Å². The molecule has 0 unspecified atom stereocenters. The number of rotatable bonds is 7. The second-order valence-electron chi connectivity index (χ2n) is 8.69. The van der Waals surface area contributed by atoms with Gasteiger partial charge in [0.05, 0.1) is 19.8 Å². The van der Waals surface area contributed by atoms with Crippen LogP contribution in [0.1, 0.15) is 55.6 Å². The van der Waals surface area contributed by atoms with Crippen molar-refractivity contribution in [2.24, 2.45) is 0 Å². The minimum absolute atomic E-state index is 0.0913. The fraction of sp³-hybridized carbons (Fsp3) is 0.286. The van der Waals surface area contributed by atoms with Crippen molar-refractivity contribution >= 4 is 17.6 Å². The predicted molar refractivity (Wildman–Crippen MR) is 134 cm³/mol. The van der Waals surface area contributed by atoms with Crippen LogP contribution in [0.3, 0.4) is 0 Å². The van der Waals surface area contributed by atoms with E-state index >= 15 is 0 Å². The molecule has 8 nitrogen and oxygen atoms in total. The number of amides is 2. The first-order valence-electron chi connectivity index (χ1n) is 11.7. The number of fused-ring (bicyclic) bond motifs is 1. The molecule has 2 aromatic carbocycles. The number of carbonyl (C=O) groups is 3. The Labute approximate surface area is 210 Å². The Morgan fingerprint density at radius 1 is 1.03 bits per heavy atom. The number of ketones is 1. The van der Waals surface area contributed by atoms with Crippen LogP contribution in [0.15, 0.2) is 48.7 Å². The number of nitrogens with zero attached hydrogens (tertiary/aromatic N) is 2. The minimum Gasteiger partial charge on any atom is -0.497 e. The second kappa shape index (κ2) is 10.6. The monoisotopic (exact) mass is 487 g/mol. The molecule has 0 saturated heterocycles. The lowest BCUT2D eigenvalue weighted by Gasteiger charge is -2.30. The number of pyridine rings is 1. The normalized spacial score (nSPS) is 12.5. The standard InChI is InChI=1S/C28H29N3O5/c1-17-25(15-30-18(2)32)23-11-12-31(16-21(23)14-29-17)28(34)20-7-5-19(6-8-20)27(33)24-13-22(35-3)9-10-26(24)36-4/h5-10,13-14H,11-12,15-16H2,1-4H3,(H,30,32). The molecule has 1 aliphatic rings. The van der Waals surface area contributed by atoms with Gasteiger partial charge in [0, 0.05) is 49.6 Å². The first-order chi connectivity index (χ1) is 17.3. The van der Waals surface area contributed by atoms with Crippen molar-refractivity contribution < 1.29 is 23.9 Å². The average molecular weight is 488 g/mol. The van der Waals surface area contributed by atoms with Crippen LogP contribution >= 0.6 is 0 Å². The van der Waals surface area contributed by atoms with Crippen LogP contribution in [0.25, 0.3) is 0 Å². The number of methoxy groups -OCH3 is 2. The van der Waals surface area contributed by atoms with Crippen LogP contribution in [-0.4, -0.2) is 48.2 Å². The molecule has 36 heavy (non-hydrogen) atoms. The third-order valence-corrected chi connectivity index (χ3v) is 6.44. The Balaban J connectivity index is 1.51. The maximum Gasteiger partial charge on any atom is 0.254 e. The molecule has 4 rings (SSSR count). The van der Waals surface area contributed by atoms with Crippen molar-refractivity contribution in [3.05, 3.63) is 87.7 Å². The summed E-state index contributed by atoms with van der Waals surface area (Å²) in [5.74, 6) is 0.592. The molecule has 8 heteroatoms. The molecular formula is C28H29N3O5. The van der Waals surface area contributed by atoms with Gasteiger partial charge in [-0.3, -0.25) is 19.4 Å². The summed E-state index contributed by atoms with van der Waals surface area (Å²) < 4.78 is 10.6. The molecule has 0 bridgehead atoms. The van der Waals surface area contributed by atoms with E-state index in [1.165, 1.54) is 21.1 Å². The zero-order valence-electron chi connectivity index (χ0n) is 20.9. The molecule has 1 N–H and O–H groups in total. The van der Waals surface area contributed by atoms with Crippen molar-refractivity contribution in [3.63, 3.8) is 0 Å². The summed E-state index contributed by atoms with van der Waals surface area (Å²) in [7, 11) is 3.05. The zero-order chi connectivity index (χ0) is 25.8. The highest BCUT2D eigenvalue weighted by molar-refractivity contribution is 6.11. The van der Waals surface area contributed by atoms with E-state index < -0.39 is 0 Å². The average Bonchev–Trinajstić information content (AvgIpc) is 2.91. The van der Waals surface area contributed by atoms with Crippen LogP contribution in [-0.2, 0) is 24.3 Å². The van der Waals surface area contributed by atoms with Crippen LogP contribution < -0.4 is 14.8 Å². The van der Waals surface area contributed by atoms with E-state index in [0.29, 0.717) is 54.2 Å². The van der Waals surface area contributed by atoms with Gasteiger partial charge < -0.3 is 19.7 Å². The van der Waals surface area contributed by atoms with Crippen LogP contribution in [0, 0.1) is 6.92 Å². The van der Waals surface area contributed by atoms with Crippen molar-refractivity contribution in [2.75, 3.05) is 20.8 Å². The molecule has 0 radical (unpaired) electrons. The molecule has 0 aliphatic carbocycles. The van der Waals surface area contributed by atoms with E-state index in [1.54, 1.807) is 47.4 Å². The van der Waals surface area contributed by atoms with Gasteiger partial charge in [-0.25, -0.2) is 0 Å². The maximum absolute atomic E-state index is 13.2. The highest BCUT2D eigenvalue weighted by atomic mass is 16.5. The third-order valence-electron chi connectivity index (χ3n) is 6.44. The SMILES string of the molecule is COc1ccc(OC)c(C(=O)c2ccc(C(=O)N3CCc4c(cnc(C)c4CNC(C)=O)C3)cc2)c1. The number of nitrogens with one attached hydrogen (secondary N) is 1. The molecule has 0 spiro atoms. The quantitative estimate of drug-likeness (QED) is 0.513. The molecule has 186 valence electrons. The van der Waals surface area contributed by atoms with Gasteiger partial charge in [-0.2, -0.15) is 0 Å². The predicted octanol–water partition coefficient (Wildman–Crippen LogP) is 3.47. The third kappa shape index (κ3) is 5.07. The minimum atomic E-state index is -0.218. The lowest BCUT2D eigenvalue weighted by Crippen LogP contribution is -2.37. The fourth-order valence-corrected chi connectivity index (χ4v) is 4.44. The van der Waals surface area contributed by atoms with E-state index in [0.717, 1.165) is 22.4 Å². The van der Waals surface area contributed by atoms with Crippen molar-refractivity contribution in [2.45, 2.75) is 33.4 Å². The van der Waals surface area contributed by atoms with Crippen LogP contribution in [0.2, 0.25) is 0 Å². The van der Waals surface area contributed by atoms with Crippen molar-refractivity contribution in [1.29, 1.82) is 0 Å². The van der Waals surface area contributed by atoms with Gasteiger partial charge in [0.1, 0.15) is 11.5 Å². The van der Waals surface area contributed by atoms with Crippen molar-refractivity contribution in [3.8, 4) is 11.5 Å². The number of hydrogen-bond donors (Lipinski definition) is 1. The summed E-state index contributed by atoms with van der Waals surface area (Å²) >= 11 is 0. The van der Waals surface area contributed by atoms with E-state index in [-0.39, 0.29) is 17.6 Å². The number of benzene rings is 2. The number of hydrogen-bond acceptors (Lipinski definition) is 6. The smallest absolute Gasteiger partial charge is 0.254 e. The zero-order valence-corrected chi connectivity index (χ0v) is 20.9. The van der Waals surface area contributed by atoms with E-state index in [4.69, 9.17) is 9.47 Å². The summed E-state index contributed by atoms with van der Waals surface area (Å²) in [5, 5.41) is 2.85. The number of ether oxygens (including phenoxy) is 2. The summed E-state index contributed by atoms with van der Waals surface area (Å²) in [4.78, 5) is 44.0. The van der Waals surface area contributed by atoms with Crippen molar-refractivity contribution in [1.82, 2.24) is 15.2 Å². The Bertz CT molecular complexity index is 1320. The Kier molecular flexibility index (Phi) is 7.33. The van der Waals surface area contributed by atoms with Crippen LogP contribution in [0.5, 0.6) is 11.5 Å². The lowest BCUT2D eigenvalue weighted by molar-refractivity contribution is -0.119. The largest absolute Gasteiger partial charge is 0.497 e. The topological polar surface area (TPSA) is 97.8 Å². The van der Waals surface area contributed by atoms with Gasteiger partial charge in [-0.1, -0.05) is 12.1 Å². The highest BCUT2D eigenvalue weighted by Gasteiger charge is 2.25. The molecule has 1 aromatic heterocycles. The van der Waals surface area contributed by atoms with E-state index in [2.05, 4.69) is 10.3 Å². The summed E-state index contributed by atoms with van der Waals surface area (Å²) in [5.41, 5.74) is 5.38. The van der Waals surface area contributed by atoms with Gasteiger partial charge >= 0.3 is 0 Å². The Morgan fingerprint density at radius 3 is 2.42 bits per heavy atom. The molecule has 1 aliphatic heterocycles. The summed E-state index contributed by atoms with van der Waals surface area (Å²) in [6.45, 7) is 4.85. The van der Waals surface area contributed by atoms with E-state index in [9.17, 15) is 14.4 Å². The summed E-state index contributed by atoms with van der Waals surface area (Å²) in [6.07, 6.45) is 2.50. The molecular weight excluding hydrogens is 458 g/mol. The molecule has 0 fully saturated rings. The first kappa shape index (κ1) is 24.9. The molecule has 2 heterocycles. The highest BCUT2D eigenvalue weighted by Crippen LogP contribution is 2.28. The van der Waals surface area contributed by atoms with Gasteiger partial charge in [0.2, 0.25) is 5.91 Å². The maximum atomic E-state index is 13.2. The Morgan fingerprint density at radius 2 is 1.75 bits per heavy atom. The van der Waals surface area contributed by atoms with Gasteiger partial charge in [0.25, 0.3) is 5.91 Å². The molecule has 3 aromatic rings. The molecule has 0 atom stereocenters. The number of aryl methyl sites for hydroxylation is 1. The summed E-state index contributed by atoms with van der Waals surface area (Å²) in [6, 6.07) is 11.7. The number of aromatic nitrogens is 1.